The van der Waals surface area contributed by atoms with Crippen LogP contribution in [0.1, 0.15) is 17.5 Å². The Labute approximate surface area is 153 Å². The Kier molecular flexibility index (Phi) is 5.99. The van der Waals surface area contributed by atoms with Crippen molar-refractivity contribution in [3.63, 3.8) is 0 Å². The summed E-state index contributed by atoms with van der Waals surface area (Å²) in [4.78, 5) is 15.9. The molecule has 0 bridgehead atoms. The van der Waals surface area contributed by atoms with Crippen molar-refractivity contribution in [2.45, 2.75) is 12.8 Å². The van der Waals surface area contributed by atoms with E-state index in [0.29, 0.717) is 6.61 Å². The maximum atomic E-state index is 11.8. The Balaban J connectivity index is 1.50. The second kappa shape index (κ2) is 8.81. The molecule has 2 aromatic carbocycles. The van der Waals surface area contributed by atoms with Gasteiger partial charge in [-0.05, 0) is 65.1 Å². The number of nitrogens with zero attached hydrogens (tertiary/aromatic N) is 1. The fraction of sp³-hybridized carbons (Fsp3) is 0.182. The van der Waals surface area contributed by atoms with E-state index in [0.717, 1.165) is 40.5 Å². The lowest BCUT2D eigenvalue weighted by atomic mass is 10.1. The number of rotatable bonds is 7. The van der Waals surface area contributed by atoms with Crippen LogP contribution >= 0.6 is 0 Å². The summed E-state index contributed by atoms with van der Waals surface area (Å²) >= 11 is 0. The van der Waals surface area contributed by atoms with E-state index in [-0.39, 0.29) is 5.97 Å². The standard InChI is InChI=1S/C22H21NO3/c1-25-21-10-9-19-14-17(6-8-20(19)15-21)7-11-22(24)26-13-3-5-18-4-2-12-23-16-18/h2,4,6-12,14-16H,3,5,13H2,1H3/b11-7+. The van der Waals surface area contributed by atoms with Gasteiger partial charge in [0.2, 0.25) is 0 Å². The van der Waals surface area contributed by atoms with Crippen LogP contribution < -0.4 is 4.74 Å². The Morgan fingerprint density at radius 3 is 2.77 bits per heavy atom. The zero-order valence-corrected chi connectivity index (χ0v) is 14.7. The molecule has 1 aromatic heterocycles. The van der Waals surface area contributed by atoms with Crippen molar-refractivity contribution >= 4 is 22.8 Å². The Morgan fingerprint density at radius 1 is 1.12 bits per heavy atom. The molecule has 0 spiro atoms. The third-order valence-corrected chi connectivity index (χ3v) is 4.06. The van der Waals surface area contributed by atoms with E-state index in [9.17, 15) is 4.79 Å². The third kappa shape index (κ3) is 4.93. The SMILES string of the molecule is COc1ccc2cc(/C=C/C(=O)OCCCc3cccnc3)ccc2c1. The Morgan fingerprint density at radius 2 is 1.96 bits per heavy atom. The van der Waals surface area contributed by atoms with Gasteiger partial charge in [-0.25, -0.2) is 4.79 Å². The van der Waals surface area contributed by atoms with Gasteiger partial charge in [-0.3, -0.25) is 4.98 Å². The van der Waals surface area contributed by atoms with Crippen LogP contribution in [-0.2, 0) is 16.0 Å². The number of hydrogen-bond donors (Lipinski definition) is 0. The molecule has 0 fully saturated rings. The molecule has 0 amide bonds. The second-order valence-electron chi connectivity index (χ2n) is 5.94. The lowest BCUT2D eigenvalue weighted by Crippen LogP contribution is -2.03. The molecule has 0 aliphatic carbocycles. The number of fused-ring (bicyclic) bond motifs is 1. The molecule has 132 valence electrons. The Hall–Kier alpha value is -3.14. The average molecular weight is 347 g/mol. The average Bonchev–Trinajstić information content (AvgIpc) is 2.70. The predicted octanol–water partition coefficient (Wildman–Crippen LogP) is 4.43. The predicted molar refractivity (Wildman–Crippen MR) is 103 cm³/mol. The molecular weight excluding hydrogens is 326 g/mol. The van der Waals surface area contributed by atoms with Crippen LogP contribution in [0.5, 0.6) is 5.75 Å². The normalized spacial score (nSPS) is 11.0. The van der Waals surface area contributed by atoms with Gasteiger partial charge in [0.25, 0.3) is 0 Å². The van der Waals surface area contributed by atoms with Gasteiger partial charge in [-0.2, -0.15) is 0 Å². The molecular formula is C22H21NO3. The summed E-state index contributed by atoms with van der Waals surface area (Å²) in [6, 6.07) is 15.8. The number of ether oxygens (including phenoxy) is 2. The molecule has 0 atom stereocenters. The summed E-state index contributed by atoms with van der Waals surface area (Å²) in [5.74, 6) is 0.502. The molecule has 0 N–H and O–H groups in total. The van der Waals surface area contributed by atoms with E-state index in [1.165, 1.54) is 6.08 Å². The summed E-state index contributed by atoms with van der Waals surface area (Å²) < 4.78 is 10.5. The van der Waals surface area contributed by atoms with E-state index in [1.54, 1.807) is 19.4 Å². The first-order chi connectivity index (χ1) is 12.7. The molecule has 3 aromatic rings. The Bertz CT molecular complexity index is 904. The highest BCUT2D eigenvalue weighted by molar-refractivity contribution is 5.90. The topological polar surface area (TPSA) is 48.4 Å². The molecule has 26 heavy (non-hydrogen) atoms. The van der Waals surface area contributed by atoms with E-state index < -0.39 is 0 Å². The summed E-state index contributed by atoms with van der Waals surface area (Å²) in [5, 5.41) is 2.19. The summed E-state index contributed by atoms with van der Waals surface area (Å²) in [7, 11) is 1.65. The molecule has 4 heteroatoms. The van der Waals surface area contributed by atoms with Crippen molar-refractivity contribution < 1.29 is 14.3 Å². The van der Waals surface area contributed by atoms with Gasteiger partial charge in [-0.15, -0.1) is 0 Å². The first kappa shape index (κ1) is 17.7. The highest BCUT2D eigenvalue weighted by Gasteiger charge is 2.00. The first-order valence-electron chi connectivity index (χ1n) is 8.56. The van der Waals surface area contributed by atoms with Crippen LogP contribution in [-0.4, -0.2) is 24.7 Å². The molecule has 0 radical (unpaired) electrons. The number of esters is 1. The fourth-order valence-electron chi connectivity index (χ4n) is 2.68. The monoisotopic (exact) mass is 347 g/mol. The number of benzene rings is 2. The van der Waals surface area contributed by atoms with Crippen molar-refractivity contribution in [2.24, 2.45) is 0 Å². The highest BCUT2D eigenvalue weighted by Crippen LogP contribution is 2.22. The zero-order chi connectivity index (χ0) is 18.2. The van der Waals surface area contributed by atoms with Crippen molar-refractivity contribution in [2.75, 3.05) is 13.7 Å². The number of carbonyl (C=O) groups excluding carboxylic acids is 1. The van der Waals surface area contributed by atoms with Gasteiger partial charge in [0, 0.05) is 18.5 Å². The quantitative estimate of drug-likeness (QED) is 0.360. The van der Waals surface area contributed by atoms with Gasteiger partial charge in [0.15, 0.2) is 0 Å². The molecule has 0 unspecified atom stereocenters. The number of methoxy groups -OCH3 is 1. The number of hydrogen-bond acceptors (Lipinski definition) is 4. The second-order valence-corrected chi connectivity index (χ2v) is 5.94. The van der Waals surface area contributed by atoms with E-state index >= 15 is 0 Å². The minimum absolute atomic E-state index is 0.328. The van der Waals surface area contributed by atoms with Crippen molar-refractivity contribution in [1.29, 1.82) is 0 Å². The van der Waals surface area contributed by atoms with Gasteiger partial charge in [0.1, 0.15) is 5.75 Å². The fourth-order valence-corrected chi connectivity index (χ4v) is 2.68. The molecule has 4 nitrogen and oxygen atoms in total. The summed E-state index contributed by atoms with van der Waals surface area (Å²) in [6.45, 7) is 0.398. The maximum absolute atomic E-state index is 11.8. The van der Waals surface area contributed by atoms with E-state index in [2.05, 4.69) is 4.98 Å². The molecule has 0 aliphatic rings. The number of aryl methyl sites for hydroxylation is 1. The highest BCUT2D eigenvalue weighted by atomic mass is 16.5. The van der Waals surface area contributed by atoms with E-state index in [4.69, 9.17) is 9.47 Å². The van der Waals surface area contributed by atoms with Crippen LogP contribution in [0.25, 0.3) is 16.8 Å². The van der Waals surface area contributed by atoms with Crippen LogP contribution in [0.15, 0.2) is 67.0 Å². The van der Waals surface area contributed by atoms with Crippen LogP contribution in [0.2, 0.25) is 0 Å². The van der Waals surface area contributed by atoms with Gasteiger partial charge < -0.3 is 9.47 Å². The molecule has 0 saturated carbocycles. The smallest absolute Gasteiger partial charge is 0.330 e. The maximum Gasteiger partial charge on any atom is 0.330 e. The van der Waals surface area contributed by atoms with Gasteiger partial charge in [0.05, 0.1) is 13.7 Å². The first-order valence-corrected chi connectivity index (χ1v) is 8.56. The molecule has 0 aliphatic heterocycles. The van der Waals surface area contributed by atoms with Gasteiger partial charge in [-0.1, -0.05) is 24.3 Å². The van der Waals surface area contributed by atoms with Crippen LogP contribution in [0.3, 0.4) is 0 Å². The number of pyridine rings is 1. The lowest BCUT2D eigenvalue weighted by Gasteiger charge is -2.04. The molecule has 1 heterocycles. The summed E-state index contributed by atoms with van der Waals surface area (Å²) in [5.41, 5.74) is 2.10. The van der Waals surface area contributed by atoms with Crippen molar-refractivity contribution in [3.05, 3.63) is 78.1 Å². The van der Waals surface area contributed by atoms with Crippen LogP contribution in [0.4, 0.5) is 0 Å². The number of aromatic nitrogens is 1. The van der Waals surface area contributed by atoms with Crippen molar-refractivity contribution in [1.82, 2.24) is 4.98 Å². The van der Waals surface area contributed by atoms with Gasteiger partial charge >= 0.3 is 5.97 Å². The number of carbonyl (C=O) groups is 1. The molecule has 3 rings (SSSR count). The molecule has 0 saturated heterocycles. The van der Waals surface area contributed by atoms with Crippen LogP contribution in [0, 0.1) is 0 Å². The van der Waals surface area contributed by atoms with E-state index in [1.807, 2.05) is 54.7 Å². The summed E-state index contributed by atoms with van der Waals surface area (Å²) in [6.07, 6.45) is 8.44. The zero-order valence-electron chi connectivity index (χ0n) is 14.7. The third-order valence-electron chi connectivity index (χ3n) is 4.06. The van der Waals surface area contributed by atoms with Crippen molar-refractivity contribution in [3.8, 4) is 5.75 Å². The minimum Gasteiger partial charge on any atom is -0.497 e. The largest absolute Gasteiger partial charge is 0.497 e. The minimum atomic E-state index is -0.328. The lowest BCUT2D eigenvalue weighted by molar-refractivity contribution is -0.137.